The van der Waals surface area contributed by atoms with Crippen molar-refractivity contribution in [1.29, 1.82) is 0 Å². The summed E-state index contributed by atoms with van der Waals surface area (Å²) >= 11 is 12.1. The Balaban J connectivity index is 1.83. The Bertz CT molecular complexity index is 612. The lowest BCUT2D eigenvalue weighted by Crippen LogP contribution is -2.20. The molecular formula is C14H14Cl2N4. The molecule has 1 N–H and O–H groups in total. The van der Waals surface area contributed by atoms with Crippen LogP contribution in [0.5, 0.6) is 0 Å². The molecule has 20 heavy (non-hydrogen) atoms. The maximum Gasteiger partial charge on any atom is 0.227 e. The first-order valence-electron chi connectivity index (χ1n) is 6.52. The maximum atomic E-state index is 6.14. The van der Waals surface area contributed by atoms with Gasteiger partial charge in [-0.25, -0.2) is 4.98 Å². The molecular weight excluding hydrogens is 295 g/mol. The molecule has 0 spiro atoms. The van der Waals surface area contributed by atoms with E-state index in [0.29, 0.717) is 15.9 Å². The number of halogens is 2. The normalized spacial score (nSPS) is 14.6. The van der Waals surface area contributed by atoms with E-state index in [1.54, 1.807) is 24.4 Å². The van der Waals surface area contributed by atoms with Gasteiger partial charge in [-0.1, -0.05) is 23.2 Å². The van der Waals surface area contributed by atoms with Gasteiger partial charge in [-0.2, -0.15) is 4.98 Å². The van der Waals surface area contributed by atoms with Gasteiger partial charge < -0.3 is 10.2 Å². The van der Waals surface area contributed by atoms with Crippen molar-refractivity contribution in [1.82, 2.24) is 9.97 Å². The molecule has 1 aromatic carbocycles. The van der Waals surface area contributed by atoms with Crippen molar-refractivity contribution in [2.24, 2.45) is 0 Å². The van der Waals surface area contributed by atoms with Gasteiger partial charge in [0.15, 0.2) is 0 Å². The Morgan fingerprint density at radius 3 is 2.70 bits per heavy atom. The van der Waals surface area contributed by atoms with Crippen LogP contribution in [-0.2, 0) is 0 Å². The number of hydrogen-bond donors (Lipinski definition) is 1. The van der Waals surface area contributed by atoms with Gasteiger partial charge in [0.05, 0.1) is 10.7 Å². The lowest BCUT2D eigenvalue weighted by atomic mass is 10.3. The van der Waals surface area contributed by atoms with Gasteiger partial charge >= 0.3 is 0 Å². The summed E-state index contributed by atoms with van der Waals surface area (Å²) in [7, 11) is 0. The molecule has 1 aromatic heterocycles. The largest absolute Gasteiger partial charge is 0.341 e. The molecule has 0 amide bonds. The van der Waals surface area contributed by atoms with Crippen molar-refractivity contribution in [3.63, 3.8) is 0 Å². The number of benzene rings is 1. The monoisotopic (exact) mass is 308 g/mol. The average molecular weight is 309 g/mol. The Morgan fingerprint density at radius 1 is 1.10 bits per heavy atom. The van der Waals surface area contributed by atoms with Crippen molar-refractivity contribution >= 4 is 40.7 Å². The third-order valence-corrected chi connectivity index (χ3v) is 3.79. The third kappa shape index (κ3) is 2.97. The van der Waals surface area contributed by atoms with Crippen molar-refractivity contribution in [2.45, 2.75) is 12.8 Å². The minimum Gasteiger partial charge on any atom is -0.341 e. The summed E-state index contributed by atoms with van der Waals surface area (Å²) in [5.41, 5.74) is 0.741. The highest BCUT2D eigenvalue weighted by Gasteiger charge is 2.15. The van der Waals surface area contributed by atoms with Gasteiger partial charge in [0, 0.05) is 24.3 Å². The van der Waals surface area contributed by atoms with Gasteiger partial charge in [-0.15, -0.1) is 0 Å². The third-order valence-electron chi connectivity index (χ3n) is 3.22. The second-order valence-corrected chi connectivity index (χ2v) is 5.53. The minimum absolute atomic E-state index is 0.607. The van der Waals surface area contributed by atoms with Crippen LogP contribution in [0.25, 0.3) is 0 Å². The van der Waals surface area contributed by atoms with Crippen LogP contribution in [0.3, 0.4) is 0 Å². The molecule has 1 saturated heterocycles. The van der Waals surface area contributed by atoms with E-state index >= 15 is 0 Å². The molecule has 0 aliphatic carbocycles. The first kappa shape index (κ1) is 13.5. The molecule has 1 fully saturated rings. The molecule has 1 aliphatic heterocycles. The molecule has 2 aromatic rings. The van der Waals surface area contributed by atoms with Crippen molar-refractivity contribution in [2.75, 3.05) is 23.3 Å². The summed E-state index contributed by atoms with van der Waals surface area (Å²) in [4.78, 5) is 11.0. The van der Waals surface area contributed by atoms with E-state index in [9.17, 15) is 0 Å². The fourth-order valence-electron chi connectivity index (χ4n) is 2.22. The zero-order chi connectivity index (χ0) is 13.9. The fourth-order valence-corrected chi connectivity index (χ4v) is 2.56. The number of hydrogen-bond acceptors (Lipinski definition) is 4. The minimum atomic E-state index is 0.607. The maximum absolute atomic E-state index is 6.14. The summed E-state index contributed by atoms with van der Waals surface area (Å²) in [6, 6.07) is 7.11. The standard InChI is InChI=1S/C14H14Cl2N4/c15-10-3-4-11(16)12(9-10)18-13-5-6-17-14(19-13)20-7-1-2-8-20/h3-6,9H,1-2,7-8H2,(H,17,18,19). The van der Waals surface area contributed by atoms with Crippen LogP contribution < -0.4 is 10.2 Å². The van der Waals surface area contributed by atoms with Crippen molar-refractivity contribution in [3.8, 4) is 0 Å². The van der Waals surface area contributed by atoms with Crippen molar-refractivity contribution in [3.05, 3.63) is 40.5 Å². The number of nitrogens with one attached hydrogen (secondary N) is 1. The molecule has 4 nitrogen and oxygen atoms in total. The van der Waals surface area contributed by atoms with E-state index in [1.165, 1.54) is 12.8 Å². The summed E-state index contributed by atoms with van der Waals surface area (Å²) in [5.74, 6) is 1.47. The predicted molar refractivity (Wildman–Crippen MR) is 83.2 cm³/mol. The van der Waals surface area contributed by atoms with Crippen LogP contribution in [0.2, 0.25) is 10.0 Å². The van der Waals surface area contributed by atoms with Crippen LogP contribution >= 0.6 is 23.2 Å². The first-order chi connectivity index (χ1) is 9.72. The average Bonchev–Trinajstić information content (AvgIpc) is 2.97. The number of anilines is 3. The Morgan fingerprint density at radius 2 is 1.90 bits per heavy atom. The topological polar surface area (TPSA) is 41.1 Å². The van der Waals surface area contributed by atoms with Crippen LogP contribution in [0, 0.1) is 0 Å². The van der Waals surface area contributed by atoms with Crippen LogP contribution in [0.15, 0.2) is 30.5 Å². The Hall–Kier alpha value is -1.52. The molecule has 0 unspecified atom stereocenters. The second-order valence-electron chi connectivity index (χ2n) is 4.69. The van der Waals surface area contributed by atoms with E-state index in [2.05, 4.69) is 20.2 Å². The highest BCUT2D eigenvalue weighted by atomic mass is 35.5. The second kappa shape index (κ2) is 5.85. The Kier molecular flexibility index (Phi) is 3.94. The van der Waals surface area contributed by atoms with Gasteiger partial charge in [-0.3, -0.25) is 0 Å². The summed E-state index contributed by atoms with van der Waals surface area (Å²) < 4.78 is 0. The van der Waals surface area contributed by atoms with Crippen LogP contribution in [0.1, 0.15) is 12.8 Å². The first-order valence-corrected chi connectivity index (χ1v) is 7.28. The molecule has 104 valence electrons. The quantitative estimate of drug-likeness (QED) is 0.925. The van der Waals surface area contributed by atoms with Gasteiger partial charge in [0.1, 0.15) is 5.82 Å². The zero-order valence-corrected chi connectivity index (χ0v) is 12.3. The molecule has 1 aliphatic rings. The van der Waals surface area contributed by atoms with Gasteiger partial charge in [0.25, 0.3) is 0 Å². The Labute approximate surface area is 127 Å². The summed E-state index contributed by atoms with van der Waals surface area (Å²) in [6.45, 7) is 2.03. The highest BCUT2D eigenvalue weighted by Crippen LogP contribution is 2.28. The molecule has 3 rings (SSSR count). The van der Waals surface area contributed by atoms with E-state index in [0.717, 1.165) is 24.7 Å². The molecule has 0 saturated carbocycles. The van der Waals surface area contributed by atoms with Crippen LogP contribution in [-0.4, -0.2) is 23.1 Å². The van der Waals surface area contributed by atoms with Gasteiger partial charge in [-0.05, 0) is 37.1 Å². The zero-order valence-electron chi connectivity index (χ0n) is 10.8. The lowest BCUT2D eigenvalue weighted by Gasteiger charge is -2.16. The molecule has 0 bridgehead atoms. The SMILES string of the molecule is Clc1ccc(Cl)c(Nc2ccnc(N3CCCC3)n2)c1. The van der Waals surface area contributed by atoms with E-state index in [4.69, 9.17) is 23.2 Å². The predicted octanol–water partition coefficient (Wildman–Crippen LogP) is 4.13. The molecule has 2 heterocycles. The smallest absolute Gasteiger partial charge is 0.227 e. The van der Waals surface area contributed by atoms with Crippen LogP contribution in [0.4, 0.5) is 17.5 Å². The lowest BCUT2D eigenvalue weighted by molar-refractivity contribution is 0.900. The number of nitrogens with zero attached hydrogens (tertiary/aromatic N) is 3. The molecule has 6 heteroatoms. The molecule has 0 radical (unpaired) electrons. The van der Waals surface area contributed by atoms with E-state index < -0.39 is 0 Å². The van der Waals surface area contributed by atoms with Crippen molar-refractivity contribution < 1.29 is 0 Å². The van der Waals surface area contributed by atoms with Gasteiger partial charge in [0.2, 0.25) is 5.95 Å². The molecule has 0 atom stereocenters. The van der Waals surface area contributed by atoms with E-state index in [-0.39, 0.29) is 0 Å². The summed E-state index contributed by atoms with van der Waals surface area (Å²) in [6.07, 6.45) is 4.14. The van der Waals surface area contributed by atoms with E-state index in [1.807, 2.05) is 6.07 Å². The number of rotatable bonds is 3. The highest BCUT2D eigenvalue weighted by molar-refractivity contribution is 6.35. The summed E-state index contributed by atoms with van der Waals surface area (Å²) in [5, 5.41) is 4.42. The fraction of sp³-hybridized carbons (Fsp3) is 0.286. The number of aromatic nitrogens is 2.